The molecule has 158 valence electrons. The Morgan fingerprint density at radius 2 is 1.30 bits per heavy atom. The summed E-state index contributed by atoms with van der Waals surface area (Å²) >= 11 is 0. The molecule has 2 rings (SSSR count). The Morgan fingerprint density at radius 3 is 1.90 bits per heavy atom. The van der Waals surface area contributed by atoms with E-state index in [1.165, 1.54) is 0 Å². The van der Waals surface area contributed by atoms with E-state index >= 15 is 0 Å². The maximum atomic E-state index is 12.2. The van der Waals surface area contributed by atoms with Gasteiger partial charge in [0.25, 0.3) is 0 Å². The largest absolute Gasteiger partial charge is 0.497 e. The second-order valence-corrected chi connectivity index (χ2v) is 6.89. The normalized spacial score (nSPS) is 10.1. The Bertz CT molecular complexity index is 831. The first-order valence-corrected chi connectivity index (χ1v) is 10.2. The summed E-state index contributed by atoms with van der Waals surface area (Å²) in [4.78, 5) is 24.1. The van der Waals surface area contributed by atoms with Crippen molar-refractivity contribution in [2.24, 2.45) is 0 Å². The van der Waals surface area contributed by atoms with Gasteiger partial charge in [-0.2, -0.15) is 0 Å². The molecule has 0 unspecified atom stereocenters. The van der Waals surface area contributed by atoms with Crippen molar-refractivity contribution in [3.05, 3.63) is 54.1 Å². The molecule has 0 saturated heterocycles. The van der Waals surface area contributed by atoms with Crippen molar-refractivity contribution >= 4 is 11.9 Å². The summed E-state index contributed by atoms with van der Waals surface area (Å²) in [6.07, 6.45) is 12.7. The van der Waals surface area contributed by atoms with Gasteiger partial charge in [0.2, 0.25) is 0 Å². The number of methoxy groups -OCH3 is 1. The number of carbonyl (C=O) groups is 2. The molecule has 0 aliphatic rings. The maximum absolute atomic E-state index is 12.2. The van der Waals surface area contributed by atoms with Crippen LogP contribution in [-0.2, 0) is 4.79 Å². The highest BCUT2D eigenvalue weighted by Crippen LogP contribution is 2.20. The number of esters is 2. The molecule has 0 bridgehead atoms. The van der Waals surface area contributed by atoms with Crippen LogP contribution in [0.2, 0.25) is 0 Å². The molecule has 0 spiro atoms. The van der Waals surface area contributed by atoms with Crippen molar-refractivity contribution in [1.29, 1.82) is 0 Å². The Hall–Kier alpha value is -3.26. The van der Waals surface area contributed by atoms with E-state index in [0.717, 1.165) is 44.9 Å². The zero-order chi connectivity index (χ0) is 21.6. The summed E-state index contributed by atoms with van der Waals surface area (Å²) in [5.41, 5.74) is 0.419. The van der Waals surface area contributed by atoms with E-state index in [2.05, 4.69) is 5.92 Å². The van der Waals surface area contributed by atoms with E-state index in [-0.39, 0.29) is 5.97 Å². The minimum Gasteiger partial charge on any atom is -0.497 e. The van der Waals surface area contributed by atoms with Gasteiger partial charge < -0.3 is 14.2 Å². The van der Waals surface area contributed by atoms with Gasteiger partial charge in [-0.05, 0) is 61.4 Å². The van der Waals surface area contributed by atoms with E-state index in [9.17, 15) is 9.59 Å². The van der Waals surface area contributed by atoms with Crippen LogP contribution < -0.4 is 14.2 Å². The molecule has 0 fully saturated rings. The molecule has 0 aromatic heterocycles. The number of hydrogen-bond donors (Lipinski definition) is 0. The summed E-state index contributed by atoms with van der Waals surface area (Å²) in [5.74, 6) is 3.38. The number of ether oxygens (including phenoxy) is 3. The predicted molar refractivity (Wildman–Crippen MR) is 116 cm³/mol. The lowest BCUT2D eigenvalue weighted by atomic mass is 10.1. The number of rotatable bonds is 12. The van der Waals surface area contributed by atoms with Crippen LogP contribution in [0.3, 0.4) is 0 Å². The van der Waals surface area contributed by atoms with Crippen LogP contribution in [0, 0.1) is 12.3 Å². The lowest BCUT2D eigenvalue weighted by Crippen LogP contribution is -2.09. The molecule has 5 heteroatoms. The van der Waals surface area contributed by atoms with E-state index in [1.54, 1.807) is 55.6 Å². The molecular weight excluding hydrogens is 380 g/mol. The molecule has 2 aromatic carbocycles. The van der Waals surface area contributed by atoms with Gasteiger partial charge in [0.1, 0.15) is 17.2 Å². The average molecular weight is 408 g/mol. The second kappa shape index (κ2) is 13.1. The molecule has 0 N–H and O–H groups in total. The quantitative estimate of drug-likeness (QED) is 0.199. The number of hydrogen-bond acceptors (Lipinski definition) is 5. The third kappa shape index (κ3) is 8.40. The molecule has 2 aromatic rings. The van der Waals surface area contributed by atoms with E-state index in [4.69, 9.17) is 20.6 Å². The third-order valence-corrected chi connectivity index (χ3v) is 4.54. The lowest BCUT2D eigenvalue weighted by molar-refractivity contribution is -0.134. The first-order chi connectivity index (χ1) is 14.6. The van der Waals surface area contributed by atoms with Gasteiger partial charge in [-0.3, -0.25) is 4.79 Å². The topological polar surface area (TPSA) is 61.8 Å². The first-order valence-electron chi connectivity index (χ1n) is 10.2. The van der Waals surface area contributed by atoms with Gasteiger partial charge in [-0.25, -0.2) is 4.79 Å². The van der Waals surface area contributed by atoms with Crippen LogP contribution in [0.5, 0.6) is 17.2 Å². The molecule has 0 radical (unpaired) electrons. The molecule has 0 saturated carbocycles. The zero-order valence-electron chi connectivity index (χ0n) is 17.4. The molecule has 5 nitrogen and oxygen atoms in total. The number of terminal acetylenes is 1. The molecule has 0 aliphatic heterocycles. The molecular formula is C25H28O5. The molecule has 0 aliphatic carbocycles. The fraction of sp³-hybridized carbons (Fsp3) is 0.360. The van der Waals surface area contributed by atoms with Crippen LogP contribution in [0.1, 0.15) is 61.7 Å². The van der Waals surface area contributed by atoms with Gasteiger partial charge in [0.05, 0.1) is 12.7 Å². The van der Waals surface area contributed by atoms with Crippen molar-refractivity contribution in [3.63, 3.8) is 0 Å². The van der Waals surface area contributed by atoms with Gasteiger partial charge in [0.15, 0.2) is 0 Å². The highest BCUT2D eigenvalue weighted by Gasteiger charge is 2.10. The molecule has 0 amide bonds. The van der Waals surface area contributed by atoms with Crippen molar-refractivity contribution in [2.75, 3.05) is 7.11 Å². The van der Waals surface area contributed by atoms with Gasteiger partial charge in [-0.1, -0.05) is 25.7 Å². The van der Waals surface area contributed by atoms with Crippen molar-refractivity contribution in [1.82, 2.24) is 0 Å². The first kappa shape index (κ1) is 23.0. The summed E-state index contributed by atoms with van der Waals surface area (Å²) in [7, 11) is 1.56. The predicted octanol–water partition coefficient (Wildman–Crippen LogP) is 5.57. The standard InChI is InChI=1S/C25H28O5/c1-3-4-5-6-7-8-9-10-11-24(26)29-22-16-18-23(19-17-22)30-25(27)20-12-14-21(28-2)15-13-20/h1,12-19H,4-11H2,2H3. The van der Waals surface area contributed by atoms with Crippen molar-refractivity contribution in [3.8, 4) is 29.6 Å². The van der Waals surface area contributed by atoms with E-state index < -0.39 is 5.97 Å². The number of carbonyl (C=O) groups excluding carboxylic acids is 2. The molecule has 30 heavy (non-hydrogen) atoms. The van der Waals surface area contributed by atoms with Crippen LogP contribution in [0.25, 0.3) is 0 Å². The molecule has 0 heterocycles. The van der Waals surface area contributed by atoms with E-state index in [0.29, 0.717) is 29.2 Å². The fourth-order valence-electron chi connectivity index (χ4n) is 2.85. The summed E-state index contributed by atoms with van der Waals surface area (Å²) in [5, 5.41) is 0. The van der Waals surface area contributed by atoms with Crippen LogP contribution in [-0.4, -0.2) is 19.0 Å². The third-order valence-electron chi connectivity index (χ3n) is 4.54. The van der Waals surface area contributed by atoms with Crippen molar-refractivity contribution in [2.45, 2.75) is 51.4 Å². The number of unbranched alkanes of at least 4 members (excludes halogenated alkanes) is 6. The second-order valence-electron chi connectivity index (χ2n) is 6.89. The molecule has 0 atom stereocenters. The summed E-state index contributed by atoms with van der Waals surface area (Å²) in [6, 6.07) is 13.1. The van der Waals surface area contributed by atoms with Gasteiger partial charge in [0, 0.05) is 12.8 Å². The average Bonchev–Trinajstić information content (AvgIpc) is 2.77. The number of benzene rings is 2. The Balaban J connectivity index is 1.69. The monoisotopic (exact) mass is 408 g/mol. The fourth-order valence-corrected chi connectivity index (χ4v) is 2.85. The SMILES string of the molecule is C#CCCCCCCCCC(=O)Oc1ccc(OC(=O)c2ccc(OC)cc2)cc1. The Kier molecular flexibility index (Phi) is 10.0. The zero-order valence-corrected chi connectivity index (χ0v) is 17.4. The van der Waals surface area contributed by atoms with E-state index in [1.807, 2.05) is 0 Å². The minimum atomic E-state index is -0.471. The van der Waals surface area contributed by atoms with Gasteiger partial charge >= 0.3 is 11.9 Å². The van der Waals surface area contributed by atoms with Gasteiger partial charge in [-0.15, -0.1) is 12.3 Å². The summed E-state index contributed by atoms with van der Waals surface area (Å²) < 4.78 is 15.7. The smallest absolute Gasteiger partial charge is 0.343 e. The Labute approximate surface area is 178 Å². The minimum absolute atomic E-state index is 0.259. The lowest BCUT2D eigenvalue weighted by Gasteiger charge is -2.07. The Morgan fingerprint density at radius 1 is 0.767 bits per heavy atom. The highest BCUT2D eigenvalue weighted by molar-refractivity contribution is 5.91. The highest BCUT2D eigenvalue weighted by atomic mass is 16.5. The summed E-state index contributed by atoms with van der Waals surface area (Å²) in [6.45, 7) is 0. The van der Waals surface area contributed by atoms with Crippen LogP contribution >= 0.6 is 0 Å². The maximum Gasteiger partial charge on any atom is 0.343 e. The van der Waals surface area contributed by atoms with Crippen molar-refractivity contribution < 1.29 is 23.8 Å². The van der Waals surface area contributed by atoms with Crippen LogP contribution in [0.4, 0.5) is 0 Å². The van der Waals surface area contributed by atoms with Crippen LogP contribution in [0.15, 0.2) is 48.5 Å².